The van der Waals surface area contributed by atoms with Crippen molar-refractivity contribution in [2.24, 2.45) is 5.92 Å². The minimum absolute atomic E-state index is 0.0133. The summed E-state index contributed by atoms with van der Waals surface area (Å²) in [7, 11) is -3.06. The lowest BCUT2D eigenvalue weighted by atomic mass is 10.1. The number of hydrogen-bond acceptors (Lipinski definition) is 6. The summed E-state index contributed by atoms with van der Waals surface area (Å²) in [4.78, 5) is 28.1. The molecule has 3 rings (SSSR count). The summed E-state index contributed by atoms with van der Waals surface area (Å²) >= 11 is 0. The topological polar surface area (TPSA) is 101 Å². The van der Waals surface area contributed by atoms with Crippen LogP contribution in [0, 0.1) is 12.8 Å². The number of nitrogens with zero attached hydrogens (tertiary/aromatic N) is 3. The van der Waals surface area contributed by atoms with E-state index in [4.69, 9.17) is 4.52 Å². The average molecular weight is 355 g/mol. The molecular formula is C15H21N3O5S. The van der Waals surface area contributed by atoms with E-state index < -0.39 is 15.8 Å². The van der Waals surface area contributed by atoms with Gasteiger partial charge in [-0.05, 0) is 20.3 Å². The molecule has 0 bridgehead atoms. The fraction of sp³-hybridized carbons (Fsp3) is 0.667. The second kappa shape index (κ2) is 6.19. The lowest BCUT2D eigenvalue weighted by Gasteiger charge is -2.29. The molecule has 0 aliphatic carbocycles. The van der Waals surface area contributed by atoms with Gasteiger partial charge in [0.15, 0.2) is 15.7 Å². The third-order valence-corrected chi connectivity index (χ3v) is 6.39. The van der Waals surface area contributed by atoms with Gasteiger partial charge >= 0.3 is 0 Å². The highest BCUT2D eigenvalue weighted by Crippen LogP contribution is 2.28. The molecule has 2 atom stereocenters. The monoisotopic (exact) mass is 355 g/mol. The Kier molecular flexibility index (Phi) is 4.37. The zero-order valence-corrected chi connectivity index (χ0v) is 14.6. The summed E-state index contributed by atoms with van der Waals surface area (Å²) in [6, 6.07) is 1.37. The molecule has 1 aromatic rings. The van der Waals surface area contributed by atoms with Crippen molar-refractivity contribution in [2.45, 2.75) is 32.7 Å². The first-order chi connectivity index (χ1) is 11.3. The first-order valence-corrected chi connectivity index (χ1v) is 9.87. The molecule has 2 saturated heterocycles. The highest BCUT2D eigenvalue weighted by atomic mass is 32.2. The lowest BCUT2D eigenvalue weighted by Crippen LogP contribution is -2.44. The third-order valence-electron chi connectivity index (χ3n) is 4.64. The molecule has 0 saturated carbocycles. The second-order valence-corrected chi connectivity index (χ2v) is 8.61. The van der Waals surface area contributed by atoms with Gasteiger partial charge in [0, 0.05) is 31.6 Å². The number of carbonyl (C=O) groups excluding carboxylic acids is 2. The van der Waals surface area contributed by atoms with Gasteiger partial charge in [-0.25, -0.2) is 8.42 Å². The van der Waals surface area contributed by atoms with E-state index >= 15 is 0 Å². The molecule has 1 aromatic heterocycles. The Hall–Kier alpha value is -1.90. The van der Waals surface area contributed by atoms with Crippen molar-refractivity contribution in [1.29, 1.82) is 0 Å². The highest BCUT2D eigenvalue weighted by Gasteiger charge is 2.41. The highest BCUT2D eigenvalue weighted by molar-refractivity contribution is 7.91. The molecule has 2 aliphatic heterocycles. The molecule has 0 spiro atoms. The number of rotatable bonds is 4. The molecule has 24 heavy (non-hydrogen) atoms. The van der Waals surface area contributed by atoms with Gasteiger partial charge in [0.25, 0.3) is 0 Å². The first kappa shape index (κ1) is 16.9. The minimum Gasteiger partial charge on any atom is -0.360 e. The van der Waals surface area contributed by atoms with Crippen LogP contribution in [-0.2, 0) is 19.4 Å². The van der Waals surface area contributed by atoms with Gasteiger partial charge in [0.05, 0.1) is 17.4 Å². The number of carbonyl (C=O) groups is 2. The summed E-state index contributed by atoms with van der Waals surface area (Å²) in [6.45, 7) is 4.25. The van der Waals surface area contributed by atoms with Gasteiger partial charge in [0.2, 0.25) is 11.8 Å². The smallest absolute Gasteiger partial charge is 0.229 e. The van der Waals surface area contributed by atoms with Crippen molar-refractivity contribution in [3.05, 3.63) is 11.8 Å². The van der Waals surface area contributed by atoms with Crippen LogP contribution in [0.5, 0.6) is 0 Å². The van der Waals surface area contributed by atoms with E-state index in [0.717, 1.165) is 0 Å². The summed E-state index contributed by atoms with van der Waals surface area (Å²) in [5, 5.41) is 3.83. The molecule has 0 N–H and O–H groups in total. The Morgan fingerprint density at radius 2 is 2.25 bits per heavy atom. The number of aryl methyl sites for hydroxylation is 1. The summed E-state index contributed by atoms with van der Waals surface area (Å²) in [6.07, 6.45) is 0.579. The Morgan fingerprint density at radius 3 is 2.79 bits per heavy atom. The SMILES string of the molecule is CCN(C(=O)C1CC(=O)N(c2cc(C)on2)C1)C1CCS(=O)(=O)C1. The maximum atomic E-state index is 12.8. The van der Waals surface area contributed by atoms with Crippen LogP contribution in [0.1, 0.15) is 25.5 Å². The summed E-state index contributed by atoms with van der Waals surface area (Å²) in [5.41, 5.74) is 0. The van der Waals surface area contributed by atoms with E-state index in [1.165, 1.54) is 4.90 Å². The van der Waals surface area contributed by atoms with Crippen LogP contribution in [0.25, 0.3) is 0 Å². The van der Waals surface area contributed by atoms with E-state index in [1.54, 1.807) is 17.9 Å². The normalized spacial score (nSPS) is 26.1. The largest absolute Gasteiger partial charge is 0.360 e. The Bertz CT molecular complexity index is 757. The molecule has 2 amide bonds. The van der Waals surface area contributed by atoms with Crippen LogP contribution in [0.15, 0.2) is 10.6 Å². The fourth-order valence-electron chi connectivity index (χ4n) is 3.42. The van der Waals surface area contributed by atoms with Crippen molar-refractivity contribution in [2.75, 3.05) is 29.5 Å². The number of sulfone groups is 1. The molecule has 2 aliphatic rings. The Morgan fingerprint density at radius 1 is 1.50 bits per heavy atom. The van der Waals surface area contributed by atoms with Crippen molar-refractivity contribution in [3.63, 3.8) is 0 Å². The molecule has 132 valence electrons. The van der Waals surface area contributed by atoms with E-state index in [2.05, 4.69) is 5.16 Å². The van der Waals surface area contributed by atoms with Crippen LogP contribution < -0.4 is 4.90 Å². The van der Waals surface area contributed by atoms with Crippen LogP contribution in [0.3, 0.4) is 0 Å². The third kappa shape index (κ3) is 3.17. The summed E-state index contributed by atoms with van der Waals surface area (Å²) in [5.74, 6) is 0.345. The number of amides is 2. The quantitative estimate of drug-likeness (QED) is 0.773. The molecular weight excluding hydrogens is 334 g/mol. The number of aromatic nitrogens is 1. The van der Waals surface area contributed by atoms with Crippen LogP contribution in [0.2, 0.25) is 0 Å². The zero-order chi connectivity index (χ0) is 17.5. The first-order valence-electron chi connectivity index (χ1n) is 8.05. The average Bonchev–Trinajstić information content (AvgIpc) is 3.19. The van der Waals surface area contributed by atoms with E-state index in [0.29, 0.717) is 24.5 Å². The van der Waals surface area contributed by atoms with Crippen molar-refractivity contribution < 1.29 is 22.5 Å². The van der Waals surface area contributed by atoms with Gasteiger partial charge in [-0.15, -0.1) is 0 Å². The van der Waals surface area contributed by atoms with Gasteiger partial charge < -0.3 is 9.42 Å². The maximum absolute atomic E-state index is 12.8. The molecule has 0 aromatic carbocycles. The molecule has 2 unspecified atom stereocenters. The van der Waals surface area contributed by atoms with Gasteiger partial charge in [0.1, 0.15) is 5.76 Å². The van der Waals surface area contributed by atoms with Crippen molar-refractivity contribution in [1.82, 2.24) is 10.1 Å². The van der Waals surface area contributed by atoms with Gasteiger partial charge in [-0.1, -0.05) is 5.16 Å². The standard InChI is InChI=1S/C15H21N3O5S/c1-3-17(12-4-5-24(21,22)9-12)15(20)11-7-14(19)18(8-11)13-6-10(2)23-16-13/h6,11-12H,3-5,7-9H2,1-2H3. The second-order valence-electron chi connectivity index (χ2n) is 6.38. The maximum Gasteiger partial charge on any atom is 0.229 e. The van der Waals surface area contributed by atoms with E-state index in [1.807, 2.05) is 6.92 Å². The van der Waals surface area contributed by atoms with Crippen LogP contribution in [-0.4, -0.2) is 60.9 Å². The minimum atomic E-state index is -3.06. The van der Waals surface area contributed by atoms with Crippen molar-refractivity contribution >= 4 is 27.5 Å². The van der Waals surface area contributed by atoms with Gasteiger partial charge in [-0.2, -0.15) is 0 Å². The van der Waals surface area contributed by atoms with E-state index in [9.17, 15) is 18.0 Å². The Balaban J connectivity index is 1.72. The zero-order valence-electron chi connectivity index (χ0n) is 13.8. The van der Waals surface area contributed by atoms with Crippen LogP contribution >= 0.6 is 0 Å². The molecule has 0 radical (unpaired) electrons. The fourth-order valence-corrected chi connectivity index (χ4v) is 5.16. The number of anilines is 1. The predicted octanol–water partition coefficient (Wildman–Crippen LogP) is 0.372. The lowest BCUT2D eigenvalue weighted by molar-refractivity contribution is -0.137. The molecule has 8 nitrogen and oxygen atoms in total. The van der Waals surface area contributed by atoms with E-state index in [-0.39, 0.29) is 42.3 Å². The Labute approximate surface area is 140 Å². The van der Waals surface area contributed by atoms with Gasteiger partial charge in [-0.3, -0.25) is 14.5 Å². The number of hydrogen-bond donors (Lipinski definition) is 0. The van der Waals surface area contributed by atoms with Crippen molar-refractivity contribution in [3.8, 4) is 0 Å². The summed E-state index contributed by atoms with van der Waals surface area (Å²) < 4.78 is 28.3. The predicted molar refractivity (Wildman–Crippen MR) is 86.1 cm³/mol. The van der Waals surface area contributed by atoms with Crippen LogP contribution in [0.4, 0.5) is 5.82 Å². The molecule has 3 heterocycles. The molecule has 9 heteroatoms. The molecule has 2 fully saturated rings.